The van der Waals surface area contributed by atoms with Gasteiger partial charge in [0.1, 0.15) is 6.04 Å². The van der Waals surface area contributed by atoms with Crippen molar-refractivity contribution >= 4 is 24.2 Å². The zero-order chi connectivity index (χ0) is 19.1. The molecule has 1 aromatic carbocycles. The number of rotatable bonds is 7. The van der Waals surface area contributed by atoms with Crippen molar-refractivity contribution in [2.75, 3.05) is 13.1 Å². The van der Waals surface area contributed by atoms with E-state index >= 15 is 0 Å². The van der Waals surface area contributed by atoms with Crippen LogP contribution in [0.2, 0.25) is 0 Å². The first-order chi connectivity index (χ1) is 12.4. The molecule has 0 spiro atoms. The van der Waals surface area contributed by atoms with Gasteiger partial charge in [-0.3, -0.25) is 9.59 Å². The Bertz CT molecular complexity index is 586. The third-order valence-electron chi connectivity index (χ3n) is 5.48. The fourth-order valence-electron chi connectivity index (χ4n) is 3.47. The van der Waals surface area contributed by atoms with Gasteiger partial charge in [-0.2, -0.15) is 0 Å². The monoisotopic (exact) mass is 395 g/mol. The lowest BCUT2D eigenvalue weighted by molar-refractivity contribution is -0.139. The Hall–Kier alpha value is -1.59. The van der Waals surface area contributed by atoms with Crippen molar-refractivity contribution in [2.45, 2.75) is 58.5 Å². The number of nitrogens with two attached hydrogens (primary N) is 1. The van der Waals surface area contributed by atoms with Crippen LogP contribution in [0.5, 0.6) is 0 Å². The molecule has 1 heterocycles. The van der Waals surface area contributed by atoms with E-state index in [0.29, 0.717) is 5.92 Å². The SMILES string of the molecule is CCC(C)C(NC(=O)[C@H](C)N)C(=O)N1CCC(Cc2ccccc2)CC1.Cl. The van der Waals surface area contributed by atoms with Gasteiger partial charge in [0, 0.05) is 13.1 Å². The van der Waals surface area contributed by atoms with E-state index in [1.54, 1.807) is 6.92 Å². The van der Waals surface area contributed by atoms with E-state index < -0.39 is 12.1 Å². The van der Waals surface area contributed by atoms with Crippen molar-refractivity contribution in [3.8, 4) is 0 Å². The van der Waals surface area contributed by atoms with E-state index in [0.717, 1.165) is 38.8 Å². The van der Waals surface area contributed by atoms with Gasteiger partial charge in [0.15, 0.2) is 0 Å². The maximum Gasteiger partial charge on any atom is 0.245 e. The molecule has 27 heavy (non-hydrogen) atoms. The number of piperidine rings is 1. The maximum atomic E-state index is 13.0. The number of benzene rings is 1. The minimum Gasteiger partial charge on any atom is -0.343 e. The highest BCUT2D eigenvalue weighted by atomic mass is 35.5. The fourth-order valence-corrected chi connectivity index (χ4v) is 3.47. The maximum absolute atomic E-state index is 13.0. The average Bonchev–Trinajstić information content (AvgIpc) is 2.66. The van der Waals surface area contributed by atoms with Crippen molar-refractivity contribution in [1.29, 1.82) is 0 Å². The number of halogens is 1. The standard InChI is InChI=1S/C21H33N3O2.ClH/c1-4-15(2)19(23-20(25)16(3)22)21(26)24-12-10-18(11-13-24)14-17-8-6-5-7-9-17;/h5-9,15-16,18-19H,4,10-14,22H2,1-3H3,(H,23,25);1H/t15?,16-,19?;/m0./s1. The quantitative estimate of drug-likeness (QED) is 0.745. The summed E-state index contributed by atoms with van der Waals surface area (Å²) in [5, 5.41) is 2.86. The molecule has 0 saturated carbocycles. The molecule has 3 N–H and O–H groups in total. The zero-order valence-corrected chi connectivity index (χ0v) is 17.5. The van der Waals surface area contributed by atoms with Crippen molar-refractivity contribution in [3.05, 3.63) is 35.9 Å². The van der Waals surface area contributed by atoms with E-state index in [9.17, 15) is 9.59 Å². The Kier molecular flexibility index (Phi) is 9.81. The molecule has 1 aliphatic rings. The van der Waals surface area contributed by atoms with Crippen LogP contribution in [0.4, 0.5) is 0 Å². The lowest BCUT2D eigenvalue weighted by atomic mass is 9.89. The lowest BCUT2D eigenvalue weighted by Crippen LogP contribution is -2.55. The normalized spacial score (nSPS) is 18.1. The number of nitrogens with one attached hydrogen (secondary N) is 1. The molecule has 152 valence electrons. The first-order valence-corrected chi connectivity index (χ1v) is 9.81. The van der Waals surface area contributed by atoms with Gasteiger partial charge in [0.05, 0.1) is 6.04 Å². The van der Waals surface area contributed by atoms with E-state index in [1.165, 1.54) is 5.56 Å². The Morgan fingerprint density at radius 3 is 2.30 bits per heavy atom. The van der Waals surface area contributed by atoms with Gasteiger partial charge in [-0.1, -0.05) is 50.6 Å². The second kappa shape index (κ2) is 11.3. The second-order valence-corrected chi connectivity index (χ2v) is 7.62. The molecule has 2 rings (SSSR count). The van der Waals surface area contributed by atoms with Crippen LogP contribution in [-0.2, 0) is 16.0 Å². The van der Waals surface area contributed by atoms with Crippen LogP contribution in [0, 0.1) is 11.8 Å². The van der Waals surface area contributed by atoms with Gasteiger partial charge < -0.3 is 16.0 Å². The highest BCUT2D eigenvalue weighted by molar-refractivity contribution is 5.89. The summed E-state index contributed by atoms with van der Waals surface area (Å²) in [4.78, 5) is 26.9. The number of hydrogen-bond acceptors (Lipinski definition) is 3. The summed E-state index contributed by atoms with van der Waals surface area (Å²) in [5.74, 6) is 0.475. The minimum absolute atomic E-state index is 0. The Morgan fingerprint density at radius 1 is 1.19 bits per heavy atom. The highest BCUT2D eigenvalue weighted by Crippen LogP contribution is 2.23. The molecule has 0 radical (unpaired) electrons. The van der Waals surface area contributed by atoms with Crippen LogP contribution in [0.3, 0.4) is 0 Å². The predicted molar refractivity (Wildman–Crippen MR) is 112 cm³/mol. The molecule has 3 atom stereocenters. The van der Waals surface area contributed by atoms with Gasteiger partial charge in [-0.15, -0.1) is 12.4 Å². The predicted octanol–water partition coefficient (Wildman–Crippen LogP) is 2.77. The van der Waals surface area contributed by atoms with Gasteiger partial charge in [-0.05, 0) is 43.6 Å². The van der Waals surface area contributed by atoms with Crippen molar-refractivity contribution in [2.24, 2.45) is 17.6 Å². The topological polar surface area (TPSA) is 75.4 Å². The molecular formula is C21H34ClN3O2. The van der Waals surface area contributed by atoms with Gasteiger partial charge >= 0.3 is 0 Å². The smallest absolute Gasteiger partial charge is 0.245 e. The van der Waals surface area contributed by atoms with Crippen LogP contribution < -0.4 is 11.1 Å². The van der Waals surface area contributed by atoms with Crippen LogP contribution in [0.15, 0.2) is 30.3 Å². The lowest BCUT2D eigenvalue weighted by Gasteiger charge is -2.36. The molecule has 0 aromatic heterocycles. The summed E-state index contributed by atoms with van der Waals surface area (Å²) in [7, 11) is 0. The highest BCUT2D eigenvalue weighted by Gasteiger charge is 2.32. The van der Waals surface area contributed by atoms with Gasteiger partial charge in [0.25, 0.3) is 0 Å². The molecule has 2 amide bonds. The molecule has 5 nitrogen and oxygen atoms in total. The summed E-state index contributed by atoms with van der Waals surface area (Å²) in [6.45, 7) is 7.21. The van der Waals surface area contributed by atoms with Crippen molar-refractivity contribution in [1.82, 2.24) is 10.2 Å². The summed E-state index contributed by atoms with van der Waals surface area (Å²) >= 11 is 0. The third-order valence-corrected chi connectivity index (χ3v) is 5.48. The number of amides is 2. The Labute approximate surface area is 169 Å². The minimum atomic E-state index is -0.606. The van der Waals surface area contributed by atoms with Crippen molar-refractivity contribution in [3.63, 3.8) is 0 Å². The van der Waals surface area contributed by atoms with E-state index in [2.05, 4.69) is 29.6 Å². The first-order valence-electron chi connectivity index (χ1n) is 9.81. The molecule has 1 fully saturated rings. The van der Waals surface area contributed by atoms with Crippen LogP contribution in [0.25, 0.3) is 0 Å². The summed E-state index contributed by atoms with van der Waals surface area (Å²) in [5.41, 5.74) is 7.02. The summed E-state index contributed by atoms with van der Waals surface area (Å²) < 4.78 is 0. The van der Waals surface area contributed by atoms with E-state index in [4.69, 9.17) is 5.73 Å². The molecule has 1 aromatic rings. The van der Waals surface area contributed by atoms with Crippen LogP contribution in [-0.4, -0.2) is 41.9 Å². The van der Waals surface area contributed by atoms with Crippen LogP contribution in [0.1, 0.15) is 45.6 Å². The molecule has 6 heteroatoms. The Morgan fingerprint density at radius 2 is 1.78 bits per heavy atom. The first kappa shape index (κ1) is 23.4. The Balaban J connectivity index is 0.00000364. The van der Waals surface area contributed by atoms with Crippen LogP contribution >= 0.6 is 12.4 Å². The summed E-state index contributed by atoms with van der Waals surface area (Å²) in [6, 6.07) is 9.43. The van der Waals surface area contributed by atoms with Crippen molar-refractivity contribution < 1.29 is 9.59 Å². The second-order valence-electron chi connectivity index (χ2n) is 7.62. The fraction of sp³-hybridized carbons (Fsp3) is 0.619. The number of carbonyl (C=O) groups excluding carboxylic acids is 2. The number of carbonyl (C=O) groups is 2. The van der Waals surface area contributed by atoms with Gasteiger partial charge in [-0.25, -0.2) is 0 Å². The zero-order valence-electron chi connectivity index (χ0n) is 16.7. The molecule has 0 aliphatic carbocycles. The molecule has 2 unspecified atom stereocenters. The number of nitrogens with zero attached hydrogens (tertiary/aromatic N) is 1. The van der Waals surface area contributed by atoms with E-state index in [1.807, 2.05) is 24.8 Å². The van der Waals surface area contributed by atoms with Gasteiger partial charge in [0.2, 0.25) is 11.8 Å². The average molecular weight is 396 g/mol. The molecular weight excluding hydrogens is 362 g/mol. The van der Waals surface area contributed by atoms with E-state index in [-0.39, 0.29) is 30.1 Å². The molecule has 1 aliphatic heterocycles. The molecule has 1 saturated heterocycles. The third kappa shape index (κ3) is 6.82. The number of hydrogen-bond donors (Lipinski definition) is 2. The largest absolute Gasteiger partial charge is 0.343 e. The molecule has 0 bridgehead atoms. The number of likely N-dealkylation sites (tertiary alicyclic amines) is 1. The summed E-state index contributed by atoms with van der Waals surface area (Å²) in [6.07, 6.45) is 3.92.